The number of rotatable bonds is 5. The van der Waals surface area contributed by atoms with Crippen LogP contribution in [0.5, 0.6) is 0 Å². The zero-order chi connectivity index (χ0) is 22.3. The van der Waals surface area contributed by atoms with Crippen LogP contribution in [-0.2, 0) is 23.5 Å². The molecule has 0 fully saturated rings. The van der Waals surface area contributed by atoms with Gasteiger partial charge in [-0.2, -0.15) is 5.10 Å². The molecule has 0 aliphatic carbocycles. The van der Waals surface area contributed by atoms with Gasteiger partial charge in [0.05, 0.1) is 21.8 Å². The van der Waals surface area contributed by atoms with Crippen molar-refractivity contribution in [3.05, 3.63) is 63.9 Å². The van der Waals surface area contributed by atoms with Crippen molar-refractivity contribution in [1.29, 1.82) is 0 Å². The number of fused-ring (bicyclic) bond motifs is 1. The van der Waals surface area contributed by atoms with Gasteiger partial charge in [-0.15, -0.1) is 11.3 Å². The van der Waals surface area contributed by atoms with Crippen molar-refractivity contribution >= 4 is 43.4 Å². The van der Waals surface area contributed by atoms with E-state index >= 15 is 0 Å². The maximum absolute atomic E-state index is 12.8. The van der Waals surface area contributed by atoms with Gasteiger partial charge in [-0.1, -0.05) is 12.1 Å². The summed E-state index contributed by atoms with van der Waals surface area (Å²) in [4.78, 5) is 22.6. The summed E-state index contributed by atoms with van der Waals surface area (Å²) in [7, 11) is -1.89. The number of pyridine rings is 1. The molecule has 4 aromatic rings. The number of carbonyl (C=O) groups excluding carboxylic acids is 1. The zero-order valence-corrected chi connectivity index (χ0v) is 18.7. The minimum atomic E-state index is -3.71. The maximum atomic E-state index is 12.8. The SMILES string of the molecule is Cc1nc2c(cc1C(=O)Nc1ncc(Cc3ccc(S(N)(=O)=O)cc3)s1)c(C)nn2C. The normalized spacial score (nSPS) is 11.7. The Labute approximate surface area is 183 Å². The molecule has 1 aromatic carbocycles. The number of carbonyl (C=O) groups is 1. The van der Waals surface area contributed by atoms with Gasteiger partial charge in [-0.25, -0.2) is 23.5 Å². The summed E-state index contributed by atoms with van der Waals surface area (Å²) >= 11 is 1.35. The summed E-state index contributed by atoms with van der Waals surface area (Å²) in [5.41, 5.74) is 3.53. The number of amides is 1. The predicted molar refractivity (Wildman–Crippen MR) is 119 cm³/mol. The first-order valence-electron chi connectivity index (χ1n) is 9.30. The Morgan fingerprint density at radius 1 is 1.19 bits per heavy atom. The molecule has 4 rings (SSSR count). The molecule has 3 N–H and O–H groups in total. The lowest BCUT2D eigenvalue weighted by Crippen LogP contribution is -2.14. The molecule has 11 heteroatoms. The van der Waals surface area contributed by atoms with Crippen LogP contribution in [0.3, 0.4) is 0 Å². The molecule has 0 spiro atoms. The minimum absolute atomic E-state index is 0.0679. The van der Waals surface area contributed by atoms with Crippen LogP contribution < -0.4 is 10.5 Å². The Balaban J connectivity index is 1.50. The van der Waals surface area contributed by atoms with E-state index in [0.717, 1.165) is 27.2 Å². The fraction of sp³-hybridized carbons (Fsp3) is 0.200. The van der Waals surface area contributed by atoms with Gasteiger partial charge >= 0.3 is 0 Å². The van der Waals surface area contributed by atoms with Crippen LogP contribution in [0.4, 0.5) is 5.13 Å². The number of nitrogens with one attached hydrogen (secondary N) is 1. The highest BCUT2D eigenvalue weighted by atomic mass is 32.2. The van der Waals surface area contributed by atoms with Crippen LogP contribution in [0.25, 0.3) is 11.0 Å². The summed E-state index contributed by atoms with van der Waals surface area (Å²) in [6.07, 6.45) is 2.24. The van der Waals surface area contributed by atoms with Crippen molar-refractivity contribution in [3.8, 4) is 0 Å². The molecule has 0 unspecified atom stereocenters. The number of nitrogens with two attached hydrogens (primary N) is 1. The van der Waals surface area contributed by atoms with E-state index in [-0.39, 0.29) is 10.8 Å². The molecule has 1 amide bonds. The number of primary sulfonamides is 1. The van der Waals surface area contributed by atoms with Gasteiger partial charge in [0.1, 0.15) is 0 Å². The highest BCUT2D eigenvalue weighted by Crippen LogP contribution is 2.24. The average Bonchev–Trinajstić information content (AvgIpc) is 3.24. The van der Waals surface area contributed by atoms with Gasteiger partial charge in [0.15, 0.2) is 10.8 Å². The van der Waals surface area contributed by atoms with Gasteiger partial charge < -0.3 is 0 Å². The molecule has 9 nitrogen and oxygen atoms in total. The summed E-state index contributed by atoms with van der Waals surface area (Å²) in [5.74, 6) is -0.284. The molecule has 0 bridgehead atoms. The number of sulfonamides is 1. The van der Waals surface area contributed by atoms with Gasteiger partial charge in [0.2, 0.25) is 10.0 Å². The van der Waals surface area contributed by atoms with Crippen LogP contribution in [0.1, 0.15) is 32.2 Å². The van der Waals surface area contributed by atoms with Crippen molar-refractivity contribution in [2.75, 3.05) is 5.32 Å². The summed E-state index contributed by atoms with van der Waals surface area (Å²) in [5, 5.41) is 13.6. The van der Waals surface area contributed by atoms with E-state index in [0.29, 0.717) is 22.8 Å². The van der Waals surface area contributed by atoms with Crippen LogP contribution >= 0.6 is 11.3 Å². The maximum Gasteiger partial charge on any atom is 0.259 e. The van der Waals surface area contributed by atoms with Gasteiger partial charge in [-0.05, 0) is 37.6 Å². The van der Waals surface area contributed by atoms with Crippen molar-refractivity contribution < 1.29 is 13.2 Å². The highest BCUT2D eigenvalue weighted by Gasteiger charge is 2.17. The van der Waals surface area contributed by atoms with Crippen molar-refractivity contribution in [3.63, 3.8) is 0 Å². The Morgan fingerprint density at radius 3 is 2.58 bits per heavy atom. The molecule has 160 valence electrons. The van der Waals surface area contributed by atoms with Crippen molar-refractivity contribution in [2.45, 2.75) is 25.2 Å². The Morgan fingerprint density at radius 2 is 1.90 bits per heavy atom. The molecule has 3 aromatic heterocycles. The highest BCUT2D eigenvalue weighted by molar-refractivity contribution is 7.89. The van der Waals surface area contributed by atoms with E-state index < -0.39 is 10.0 Å². The van der Waals surface area contributed by atoms with Crippen LogP contribution in [-0.4, -0.2) is 34.1 Å². The topological polar surface area (TPSA) is 133 Å². The number of hydrogen-bond donors (Lipinski definition) is 2. The van der Waals surface area contributed by atoms with Gasteiger partial charge in [0.25, 0.3) is 5.91 Å². The third-order valence-electron chi connectivity index (χ3n) is 4.84. The molecule has 0 saturated carbocycles. The second-order valence-electron chi connectivity index (χ2n) is 7.15. The summed E-state index contributed by atoms with van der Waals surface area (Å²) < 4.78 is 24.4. The molecule has 0 aliphatic rings. The first kappa shape index (κ1) is 21.1. The second kappa shape index (κ2) is 7.84. The van der Waals surface area contributed by atoms with Crippen LogP contribution in [0.15, 0.2) is 41.4 Å². The number of aryl methyl sites for hydroxylation is 3. The zero-order valence-electron chi connectivity index (χ0n) is 17.1. The largest absolute Gasteiger partial charge is 0.298 e. The summed E-state index contributed by atoms with van der Waals surface area (Å²) in [6.45, 7) is 3.67. The standard InChI is InChI=1S/C20H20N6O3S2/c1-11-17(9-16-12(2)25-26(3)18(16)23-11)19(27)24-20-22-10-14(30-20)8-13-4-6-15(7-5-13)31(21,28)29/h4-7,9-10H,8H2,1-3H3,(H2,21,28,29)(H,22,24,27). The van der Waals surface area contributed by atoms with E-state index in [9.17, 15) is 13.2 Å². The molecular weight excluding hydrogens is 436 g/mol. The molecule has 3 heterocycles. The Bertz CT molecular complexity index is 1400. The van der Waals surface area contributed by atoms with Gasteiger partial charge in [0, 0.05) is 29.9 Å². The molecule has 0 atom stereocenters. The second-order valence-corrected chi connectivity index (χ2v) is 9.83. The Kier molecular flexibility index (Phi) is 5.33. The average molecular weight is 457 g/mol. The van der Waals surface area contributed by atoms with E-state index in [1.165, 1.54) is 23.5 Å². The first-order valence-corrected chi connectivity index (χ1v) is 11.7. The third-order valence-corrected chi connectivity index (χ3v) is 6.68. The van der Waals surface area contributed by atoms with Gasteiger partial charge in [-0.3, -0.25) is 14.8 Å². The lowest BCUT2D eigenvalue weighted by atomic mass is 10.1. The Hall–Kier alpha value is -3.15. The third kappa shape index (κ3) is 4.33. The molecule has 31 heavy (non-hydrogen) atoms. The quantitative estimate of drug-likeness (QED) is 0.474. The van der Waals surface area contributed by atoms with E-state index in [1.54, 1.807) is 36.0 Å². The number of benzene rings is 1. The lowest BCUT2D eigenvalue weighted by molar-refractivity contribution is 0.102. The fourth-order valence-corrected chi connectivity index (χ4v) is 4.63. The van der Waals surface area contributed by atoms with Crippen molar-refractivity contribution in [1.82, 2.24) is 19.7 Å². The van der Waals surface area contributed by atoms with E-state index in [4.69, 9.17) is 5.14 Å². The predicted octanol–water partition coefficient (Wildman–Crippen LogP) is 2.53. The molecule has 0 radical (unpaired) electrons. The number of hydrogen-bond acceptors (Lipinski definition) is 7. The molecule has 0 aliphatic heterocycles. The minimum Gasteiger partial charge on any atom is -0.298 e. The summed E-state index contributed by atoms with van der Waals surface area (Å²) in [6, 6.07) is 8.16. The van der Waals surface area contributed by atoms with Crippen LogP contribution in [0, 0.1) is 13.8 Å². The molecular formula is C20H20N6O3S2. The first-order chi connectivity index (χ1) is 14.6. The molecule has 0 saturated heterocycles. The van der Waals surface area contributed by atoms with E-state index in [2.05, 4.69) is 20.4 Å². The number of thiazole rings is 1. The van der Waals surface area contributed by atoms with E-state index in [1.807, 2.05) is 14.0 Å². The number of anilines is 1. The smallest absolute Gasteiger partial charge is 0.259 e. The number of nitrogens with zero attached hydrogens (tertiary/aromatic N) is 4. The number of aromatic nitrogens is 4. The van der Waals surface area contributed by atoms with Crippen molar-refractivity contribution in [2.24, 2.45) is 12.2 Å². The fourth-order valence-electron chi connectivity index (χ4n) is 3.27. The van der Waals surface area contributed by atoms with Crippen LogP contribution in [0.2, 0.25) is 0 Å². The monoisotopic (exact) mass is 456 g/mol. The lowest BCUT2D eigenvalue weighted by Gasteiger charge is -2.06.